The first-order valence-corrected chi connectivity index (χ1v) is 13.2. The van der Waals surface area contributed by atoms with Crippen LogP contribution in [0.2, 0.25) is 0 Å². The van der Waals surface area contributed by atoms with E-state index in [1.54, 1.807) is 31.4 Å². The maximum Gasteiger partial charge on any atom is 0.419 e. The van der Waals surface area contributed by atoms with E-state index in [2.05, 4.69) is 9.71 Å². The molecule has 3 aromatic rings. The molecule has 0 bridgehead atoms. The van der Waals surface area contributed by atoms with Gasteiger partial charge in [0.15, 0.2) is 0 Å². The van der Waals surface area contributed by atoms with Gasteiger partial charge in [0.25, 0.3) is 0 Å². The van der Waals surface area contributed by atoms with E-state index in [-0.39, 0.29) is 22.1 Å². The number of cyclic esters (lactones) is 1. The fourth-order valence-corrected chi connectivity index (χ4v) is 5.83. The highest BCUT2D eigenvalue weighted by Crippen LogP contribution is 2.36. The molecule has 0 aliphatic carbocycles. The minimum Gasteiger partial charge on any atom is -0.497 e. The van der Waals surface area contributed by atoms with E-state index in [1.165, 1.54) is 24.4 Å². The van der Waals surface area contributed by atoms with Gasteiger partial charge >= 0.3 is 12.1 Å². The average Bonchev–Trinajstić information content (AvgIpc) is 3.20. The fraction of sp³-hybridized carbons (Fsp3) is 0.250. The zero-order valence-electron chi connectivity index (χ0n) is 18.9. The molecule has 12 heteroatoms. The zero-order chi connectivity index (χ0) is 25.9. The Morgan fingerprint density at radius 1 is 1.08 bits per heavy atom. The predicted octanol–water partition coefficient (Wildman–Crippen LogP) is 4.53. The summed E-state index contributed by atoms with van der Waals surface area (Å²) in [7, 11) is -2.48. The van der Waals surface area contributed by atoms with Crippen LogP contribution < -0.4 is 9.46 Å². The van der Waals surface area contributed by atoms with Gasteiger partial charge in [-0.25, -0.2) is 13.4 Å². The summed E-state index contributed by atoms with van der Waals surface area (Å²) in [5.74, 6) is -0.0834. The van der Waals surface area contributed by atoms with Gasteiger partial charge in [0.1, 0.15) is 22.9 Å². The van der Waals surface area contributed by atoms with E-state index >= 15 is 0 Å². The first-order chi connectivity index (χ1) is 17.1. The maximum atomic E-state index is 13.2. The number of methoxy groups -OCH3 is 1. The summed E-state index contributed by atoms with van der Waals surface area (Å²) in [5, 5.41) is -0.234. The van der Waals surface area contributed by atoms with Crippen molar-refractivity contribution in [2.45, 2.75) is 34.7 Å². The third-order valence-electron chi connectivity index (χ3n) is 5.43. The normalized spacial score (nSPS) is 18.2. The van der Waals surface area contributed by atoms with E-state index in [1.807, 2.05) is 12.1 Å². The Balaban J connectivity index is 1.38. The number of hydrogen-bond acceptors (Lipinski definition) is 7. The lowest BCUT2D eigenvalue weighted by molar-refractivity contribution is -0.142. The third-order valence-corrected chi connectivity index (χ3v) is 8.06. The summed E-state index contributed by atoms with van der Waals surface area (Å²) in [6, 6.07) is 14.4. The van der Waals surface area contributed by atoms with Gasteiger partial charge in [-0.1, -0.05) is 24.3 Å². The molecule has 1 fully saturated rings. The number of carbonyl (C=O) groups excluding carboxylic acids is 1. The van der Waals surface area contributed by atoms with Crippen molar-refractivity contribution in [2.24, 2.45) is 0 Å². The van der Waals surface area contributed by atoms with Crippen molar-refractivity contribution in [3.05, 3.63) is 72.4 Å². The number of pyridine rings is 1. The molecule has 4 rings (SSSR count). The monoisotopic (exact) mass is 538 g/mol. The van der Waals surface area contributed by atoms with Gasteiger partial charge in [-0.15, -0.1) is 11.8 Å². The van der Waals surface area contributed by atoms with E-state index in [9.17, 15) is 26.4 Å². The molecule has 1 aliphatic rings. The molecule has 0 spiro atoms. The Morgan fingerprint density at radius 2 is 1.72 bits per heavy atom. The molecule has 7 nitrogen and oxygen atoms in total. The van der Waals surface area contributed by atoms with Gasteiger partial charge in [-0.3, -0.25) is 4.79 Å². The van der Waals surface area contributed by atoms with Crippen LogP contribution in [0.4, 0.5) is 13.2 Å². The van der Waals surface area contributed by atoms with Gasteiger partial charge in [0.05, 0.1) is 17.6 Å². The SMILES string of the molecule is COc1ccc(-c2ccc(S(=O)(=O)NC3CC(CSc4ncccc4C(F)(F)F)OC3=O)cc2)cc1. The maximum absolute atomic E-state index is 13.2. The van der Waals surface area contributed by atoms with Crippen molar-refractivity contribution in [2.75, 3.05) is 12.9 Å². The lowest BCUT2D eigenvalue weighted by Gasteiger charge is -2.13. The van der Waals surface area contributed by atoms with Crippen molar-refractivity contribution < 1.29 is 35.9 Å². The minimum atomic E-state index is -4.57. The average molecular weight is 539 g/mol. The molecule has 2 heterocycles. The smallest absolute Gasteiger partial charge is 0.419 e. The summed E-state index contributed by atoms with van der Waals surface area (Å²) in [6.07, 6.45) is -4.10. The Hall–Kier alpha value is -3.09. The van der Waals surface area contributed by atoms with Crippen LogP contribution in [0.5, 0.6) is 5.75 Å². The summed E-state index contributed by atoms with van der Waals surface area (Å²) in [5.41, 5.74) is 0.783. The molecule has 0 amide bonds. The van der Waals surface area contributed by atoms with Crippen LogP contribution in [-0.4, -0.2) is 44.4 Å². The number of sulfonamides is 1. The molecular weight excluding hydrogens is 517 g/mol. The largest absolute Gasteiger partial charge is 0.497 e. The first-order valence-electron chi connectivity index (χ1n) is 10.7. The number of halogens is 3. The molecule has 1 aliphatic heterocycles. The number of hydrogen-bond donors (Lipinski definition) is 1. The van der Waals surface area contributed by atoms with Crippen LogP contribution >= 0.6 is 11.8 Å². The highest BCUT2D eigenvalue weighted by atomic mass is 32.2. The second kappa shape index (κ2) is 10.5. The first kappa shape index (κ1) is 26.0. The Bertz CT molecular complexity index is 1330. The second-order valence-corrected chi connectivity index (χ2v) is 10.6. The van der Waals surface area contributed by atoms with Crippen LogP contribution in [-0.2, 0) is 25.7 Å². The fourth-order valence-electron chi connectivity index (χ4n) is 3.61. The number of rotatable bonds is 8. The van der Waals surface area contributed by atoms with Crippen LogP contribution in [0.3, 0.4) is 0 Å². The number of carbonyl (C=O) groups is 1. The highest BCUT2D eigenvalue weighted by molar-refractivity contribution is 7.99. The van der Waals surface area contributed by atoms with Gasteiger partial charge in [0.2, 0.25) is 10.0 Å². The predicted molar refractivity (Wildman–Crippen MR) is 127 cm³/mol. The van der Waals surface area contributed by atoms with Crippen molar-refractivity contribution in [1.82, 2.24) is 9.71 Å². The summed E-state index contributed by atoms with van der Waals surface area (Å²) >= 11 is 0.798. The quantitative estimate of drug-likeness (QED) is 0.333. The van der Waals surface area contributed by atoms with Crippen LogP contribution in [0.25, 0.3) is 11.1 Å². The van der Waals surface area contributed by atoms with Crippen molar-refractivity contribution in [3.8, 4) is 16.9 Å². The van der Waals surface area contributed by atoms with E-state index in [0.29, 0.717) is 5.75 Å². The van der Waals surface area contributed by atoms with Crippen LogP contribution in [0.1, 0.15) is 12.0 Å². The number of aromatic nitrogens is 1. The number of benzene rings is 2. The summed E-state index contributed by atoms with van der Waals surface area (Å²) in [6.45, 7) is 0. The van der Waals surface area contributed by atoms with Gasteiger partial charge < -0.3 is 9.47 Å². The zero-order valence-corrected chi connectivity index (χ0v) is 20.5. The molecule has 2 aromatic carbocycles. The Morgan fingerprint density at radius 3 is 2.33 bits per heavy atom. The third kappa shape index (κ3) is 6.00. The van der Waals surface area contributed by atoms with Crippen molar-refractivity contribution in [1.29, 1.82) is 0 Å². The molecule has 2 atom stereocenters. The highest BCUT2D eigenvalue weighted by Gasteiger charge is 2.39. The van der Waals surface area contributed by atoms with E-state index in [0.717, 1.165) is 29.0 Å². The van der Waals surface area contributed by atoms with Crippen molar-refractivity contribution >= 4 is 27.8 Å². The number of alkyl halides is 3. The topological polar surface area (TPSA) is 94.6 Å². The molecule has 36 heavy (non-hydrogen) atoms. The summed E-state index contributed by atoms with van der Waals surface area (Å²) in [4.78, 5) is 16.0. The Labute approximate surface area is 210 Å². The van der Waals surface area contributed by atoms with E-state index in [4.69, 9.17) is 9.47 Å². The van der Waals surface area contributed by atoms with Gasteiger partial charge in [-0.05, 0) is 47.5 Å². The van der Waals surface area contributed by atoms with Crippen LogP contribution in [0.15, 0.2) is 76.8 Å². The van der Waals surface area contributed by atoms with Crippen molar-refractivity contribution in [3.63, 3.8) is 0 Å². The second-order valence-electron chi connectivity index (χ2n) is 7.89. The molecule has 1 N–H and O–H groups in total. The molecule has 190 valence electrons. The molecule has 2 unspecified atom stereocenters. The number of thioether (sulfide) groups is 1. The Kier molecular flexibility index (Phi) is 7.57. The lowest BCUT2D eigenvalue weighted by Crippen LogP contribution is -2.38. The standard InChI is InChI=1S/C24H21F3N2O5S2/c1-33-17-8-4-15(5-9-17)16-6-10-19(11-7-16)36(31,32)29-21-13-18(34-23(21)30)14-35-22-20(24(25,26)27)3-2-12-28-22/h2-12,18,21,29H,13-14H2,1H3. The van der Waals surface area contributed by atoms with E-state index < -0.39 is 39.9 Å². The van der Waals surface area contributed by atoms with Crippen LogP contribution in [0, 0.1) is 0 Å². The number of esters is 1. The minimum absolute atomic E-state index is 0.000614. The number of nitrogens with zero attached hydrogens (tertiary/aromatic N) is 1. The molecule has 1 aromatic heterocycles. The number of ether oxygens (including phenoxy) is 2. The van der Waals surface area contributed by atoms with Gasteiger partial charge in [0, 0.05) is 18.4 Å². The molecule has 0 saturated carbocycles. The lowest BCUT2D eigenvalue weighted by atomic mass is 10.1. The number of nitrogens with one attached hydrogen (secondary N) is 1. The molecule has 1 saturated heterocycles. The van der Waals surface area contributed by atoms with Gasteiger partial charge in [-0.2, -0.15) is 17.9 Å². The molecular formula is C24H21F3N2O5S2. The molecule has 0 radical (unpaired) electrons. The summed E-state index contributed by atoms with van der Waals surface area (Å²) < 4.78 is 77.8.